The van der Waals surface area contributed by atoms with Crippen LogP contribution < -0.4 is 15.0 Å². The molecule has 1 saturated heterocycles. The number of hydrogen-bond donors (Lipinski definition) is 1. The van der Waals surface area contributed by atoms with E-state index in [-0.39, 0.29) is 11.7 Å². The molecule has 8 heteroatoms. The number of aromatic nitrogens is 3. The molecule has 7 nitrogen and oxygen atoms in total. The largest absolute Gasteiger partial charge is 0.492 e. The molecule has 0 spiro atoms. The Balaban J connectivity index is 1.51. The average Bonchev–Trinajstić information content (AvgIpc) is 3.24. The minimum Gasteiger partial charge on any atom is -0.492 e. The molecule has 1 fully saturated rings. The first-order valence-corrected chi connectivity index (χ1v) is 11.6. The summed E-state index contributed by atoms with van der Waals surface area (Å²) >= 11 is 1.38. The van der Waals surface area contributed by atoms with Gasteiger partial charge in [0.05, 0.1) is 23.7 Å². The maximum absolute atomic E-state index is 12.6. The van der Waals surface area contributed by atoms with E-state index in [9.17, 15) is 4.79 Å². The van der Waals surface area contributed by atoms with Crippen molar-refractivity contribution < 1.29 is 9.53 Å². The van der Waals surface area contributed by atoms with Gasteiger partial charge in [-0.15, -0.1) is 10.2 Å². The fourth-order valence-corrected chi connectivity index (χ4v) is 4.37. The van der Waals surface area contributed by atoms with Gasteiger partial charge in [-0.05, 0) is 50.5 Å². The van der Waals surface area contributed by atoms with E-state index >= 15 is 0 Å². The number of ether oxygens (including phenoxy) is 1. The summed E-state index contributed by atoms with van der Waals surface area (Å²) in [6.45, 7) is 4.42. The first-order valence-electron chi connectivity index (χ1n) is 10.7. The van der Waals surface area contributed by atoms with Gasteiger partial charge in [-0.25, -0.2) is 0 Å². The fraction of sp³-hybridized carbons (Fsp3) is 0.348. The molecule has 3 aromatic rings. The van der Waals surface area contributed by atoms with Gasteiger partial charge in [0.1, 0.15) is 5.75 Å². The number of anilines is 2. The highest BCUT2D eigenvalue weighted by Gasteiger charge is 2.22. The number of benzene rings is 2. The predicted octanol–water partition coefficient (Wildman–Crippen LogP) is 4.39. The molecule has 1 amide bonds. The van der Waals surface area contributed by atoms with Gasteiger partial charge in [-0.2, -0.15) is 0 Å². The molecule has 31 heavy (non-hydrogen) atoms. The van der Waals surface area contributed by atoms with Crippen LogP contribution in [-0.4, -0.2) is 46.1 Å². The number of carbonyl (C=O) groups excluding carboxylic acids is 1. The molecule has 4 rings (SSSR count). The number of amides is 1. The standard InChI is InChI=1S/C23H27N5O2S/c1-2-30-20-14-8-7-13-19(20)24-21(29)17-31-23-26-25-22(27-15-9-4-10-16-27)28(23)18-11-5-3-6-12-18/h3,5-8,11-14H,2,4,9-10,15-17H2,1H3,(H,24,29). The minimum atomic E-state index is -0.112. The summed E-state index contributed by atoms with van der Waals surface area (Å²) in [5.74, 6) is 1.63. The number of hydrogen-bond acceptors (Lipinski definition) is 6. The molecule has 1 N–H and O–H groups in total. The number of para-hydroxylation sites is 3. The van der Waals surface area contributed by atoms with E-state index in [0.29, 0.717) is 23.2 Å². The SMILES string of the molecule is CCOc1ccccc1NC(=O)CSc1nnc(N2CCCCC2)n1-c1ccccc1. The Morgan fingerprint density at radius 1 is 1.03 bits per heavy atom. The predicted molar refractivity (Wildman–Crippen MR) is 124 cm³/mol. The second-order valence-electron chi connectivity index (χ2n) is 7.27. The molecule has 0 radical (unpaired) electrons. The molecule has 0 atom stereocenters. The first-order chi connectivity index (χ1) is 15.3. The number of rotatable bonds is 8. The highest BCUT2D eigenvalue weighted by Crippen LogP contribution is 2.29. The third-order valence-corrected chi connectivity index (χ3v) is 5.99. The Morgan fingerprint density at radius 2 is 1.77 bits per heavy atom. The van der Waals surface area contributed by atoms with Crippen molar-refractivity contribution in [2.24, 2.45) is 0 Å². The third kappa shape index (κ3) is 5.19. The van der Waals surface area contributed by atoms with E-state index in [0.717, 1.165) is 37.6 Å². The van der Waals surface area contributed by atoms with Crippen LogP contribution in [-0.2, 0) is 4.79 Å². The normalized spacial score (nSPS) is 13.8. The van der Waals surface area contributed by atoms with Crippen LogP contribution >= 0.6 is 11.8 Å². The number of thioether (sulfide) groups is 1. The summed E-state index contributed by atoms with van der Waals surface area (Å²) in [6, 6.07) is 17.5. The van der Waals surface area contributed by atoms with Crippen molar-refractivity contribution in [3.63, 3.8) is 0 Å². The van der Waals surface area contributed by atoms with E-state index in [1.807, 2.05) is 61.5 Å². The Hall–Kier alpha value is -3.00. The zero-order chi connectivity index (χ0) is 21.5. The maximum atomic E-state index is 12.6. The van der Waals surface area contributed by atoms with E-state index in [2.05, 4.69) is 25.0 Å². The molecule has 162 valence electrons. The number of carbonyl (C=O) groups is 1. The summed E-state index contributed by atoms with van der Waals surface area (Å²) in [6.07, 6.45) is 3.57. The number of nitrogens with one attached hydrogen (secondary N) is 1. The zero-order valence-corrected chi connectivity index (χ0v) is 18.5. The molecule has 0 unspecified atom stereocenters. The van der Waals surface area contributed by atoms with Crippen LogP contribution in [0.4, 0.5) is 11.6 Å². The first kappa shape index (κ1) is 21.2. The van der Waals surface area contributed by atoms with Crippen molar-refractivity contribution in [3.05, 3.63) is 54.6 Å². The Labute approximate surface area is 186 Å². The maximum Gasteiger partial charge on any atom is 0.234 e. The average molecular weight is 438 g/mol. The van der Waals surface area contributed by atoms with Crippen LogP contribution in [0.15, 0.2) is 59.8 Å². The molecular formula is C23H27N5O2S. The van der Waals surface area contributed by atoms with Gasteiger partial charge >= 0.3 is 0 Å². The lowest BCUT2D eigenvalue weighted by molar-refractivity contribution is -0.113. The van der Waals surface area contributed by atoms with Crippen LogP contribution in [0, 0.1) is 0 Å². The summed E-state index contributed by atoms with van der Waals surface area (Å²) in [5, 5.41) is 12.6. The Kier molecular flexibility index (Phi) is 7.09. The molecule has 1 aromatic heterocycles. The van der Waals surface area contributed by atoms with Crippen molar-refractivity contribution in [1.82, 2.24) is 14.8 Å². The summed E-state index contributed by atoms with van der Waals surface area (Å²) in [7, 11) is 0. The zero-order valence-electron chi connectivity index (χ0n) is 17.7. The van der Waals surface area contributed by atoms with Crippen LogP contribution in [0.25, 0.3) is 5.69 Å². The lowest BCUT2D eigenvalue weighted by atomic mass is 10.1. The van der Waals surface area contributed by atoms with Crippen LogP contribution in [0.1, 0.15) is 26.2 Å². The van der Waals surface area contributed by atoms with Crippen molar-refractivity contribution in [2.75, 3.05) is 35.7 Å². The Bertz CT molecular complexity index is 1000. The van der Waals surface area contributed by atoms with Gasteiger partial charge < -0.3 is 15.0 Å². The van der Waals surface area contributed by atoms with Crippen molar-refractivity contribution in [3.8, 4) is 11.4 Å². The van der Waals surface area contributed by atoms with Gasteiger partial charge in [0.15, 0.2) is 5.16 Å². The Morgan fingerprint density at radius 3 is 2.55 bits per heavy atom. The second-order valence-corrected chi connectivity index (χ2v) is 8.21. The van der Waals surface area contributed by atoms with Gasteiger partial charge in [0.2, 0.25) is 11.9 Å². The minimum absolute atomic E-state index is 0.112. The quantitative estimate of drug-likeness (QED) is 0.527. The van der Waals surface area contributed by atoms with Crippen molar-refractivity contribution in [1.29, 1.82) is 0 Å². The molecular weight excluding hydrogens is 410 g/mol. The molecule has 0 aliphatic carbocycles. The van der Waals surface area contributed by atoms with E-state index in [1.165, 1.54) is 18.2 Å². The molecule has 1 aliphatic heterocycles. The van der Waals surface area contributed by atoms with Gasteiger partial charge in [0.25, 0.3) is 0 Å². The summed E-state index contributed by atoms with van der Waals surface area (Å²) in [5.41, 5.74) is 1.67. The highest BCUT2D eigenvalue weighted by atomic mass is 32.2. The van der Waals surface area contributed by atoms with E-state index < -0.39 is 0 Å². The van der Waals surface area contributed by atoms with E-state index in [1.54, 1.807) is 0 Å². The molecule has 0 saturated carbocycles. The van der Waals surface area contributed by atoms with Crippen LogP contribution in [0.2, 0.25) is 0 Å². The van der Waals surface area contributed by atoms with Crippen molar-refractivity contribution >= 4 is 29.3 Å². The van der Waals surface area contributed by atoms with Gasteiger partial charge in [-0.3, -0.25) is 9.36 Å². The molecule has 2 aromatic carbocycles. The van der Waals surface area contributed by atoms with Crippen LogP contribution in [0.5, 0.6) is 5.75 Å². The smallest absolute Gasteiger partial charge is 0.234 e. The van der Waals surface area contributed by atoms with Crippen molar-refractivity contribution in [2.45, 2.75) is 31.3 Å². The lowest BCUT2D eigenvalue weighted by Crippen LogP contribution is -2.31. The number of piperidine rings is 1. The monoisotopic (exact) mass is 437 g/mol. The fourth-order valence-electron chi connectivity index (χ4n) is 3.63. The third-order valence-electron chi connectivity index (χ3n) is 5.06. The molecule has 1 aliphatic rings. The molecule has 0 bridgehead atoms. The summed E-state index contributed by atoms with van der Waals surface area (Å²) in [4.78, 5) is 14.9. The highest BCUT2D eigenvalue weighted by molar-refractivity contribution is 7.99. The van der Waals surface area contributed by atoms with Crippen LogP contribution in [0.3, 0.4) is 0 Å². The topological polar surface area (TPSA) is 72.3 Å². The van der Waals surface area contributed by atoms with E-state index in [4.69, 9.17) is 4.74 Å². The van der Waals surface area contributed by atoms with Gasteiger partial charge in [-0.1, -0.05) is 42.1 Å². The lowest BCUT2D eigenvalue weighted by Gasteiger charge is -2.27. The molecule has 2 heterocycles. The van der Waals surface area contributed by atoms with Gasteiger partial charge in [0, 0.05) is 13.1 Å². The number of nitrogens with zero attached hydrogens (tertiary/aromatic N) is 4. The second kappa shape index (κ2) is 10.3. The summed E-state index contributed by atoms with van der Waals surface area (Å²) < 4.78 is 7.65.